The molecule has 0 aromatic heterocycles. The normalized spacial score (nSPS) is 23.5. The summed E-state index contributed by atoms with van der Waals surface area (Å²) in [5, 5.41) is 45.2. The molecule has 2 aromatic carbocycles. The molecule has 6 rings (SSSR count). The Morgan fingerprint density at radius 2 is 0.651 bits per heavy atom. The van der Waals surface area contributed by atoms with E-state index in [1.165, 1.54) is 0 Å². The molecule has 4 saturated carbocycles. The van der Waals surface area contributed by atoms with Gasteiger partial charge >= 0.3 is 0 Å². The fourth-order valence-corrected chi connectivity index (χ4v) is 8.19. The Hall–Kier alpha value is -2.12. The molecule has 6 heteroatoms. The summed E-state index contributed by atoms with van der Waals surface area (Å²) in [6.07, 6.45) is 17.0. The van der Waals surface area contributed by atoms with Crippen molar-refractivity contribution in [3.05, 3.63) is 58.7 Å². The van der Waals surface area contributed by atoms with Gasteiger partial charge in [-0.2, -0.15) is 0 Å². The average Bonchev–Trinajstić information content (AvgIpc) is 3.83. The maximum atomic E-state index is 11.3. The van der Waals surface area contributed by atoms with Crippen LogP contribution < -0.4 is 9.47 Å². The highest BCUT2D eigenvalue weighted by Crippen LogP contribution is 2.46. The molecular formula is C37H52O6. The van der Waals surface area contributed by atoms with Crippen LogP contribution in [-0.4, -0.2) is 33.6 Å². The minimum Gasteiger partial charge on any atom is -0.494 e. The van der Waals surface area contributed by atoms with Crippen LogP contribution in [-0.2, 0) is 22.4 Å². The number of unbranched alkanes of at least 4 members (excludes halogenated alkanes) is 2. The maximum absolute atomic E-state index is 11.3. The minimum atomic E-state index is -0.821. The molecule has 236 valence electrons. The summed E-state index contributed by atoms with van der Waals surface area (Å²) in [6, 6.07) is 12.0. The van der Waals surface area contributed by atoms with Gasteiger partial charge in [-0.3, -0.25) is 0 Å². The highest BCUT2D eigenvalue weighted by atomic mass is 16.5. The fraction of sp³-hybridized carbons (Fsp3) is 0.676. The fourth-order valence-electron chi connectivity index (χ4n) is 8.19. The first-order valence-corrected chi connectivity index (χ1v) is 17.2. The second-order valence-electron chi connectivity index (χ2n) is 14.2. The van der Waals surface area contributed by atoms with Crippen molar-refractivity contribution in [3.8, 4) is 11.5 Å². The largest absolute Gasteiger partial charge is 0.494 e. The zero-order valence-corrected chi connectivity index (χ0v) is 25.9. The molecule has 0 saturated heterocycles. The lowest BCUT2D eigenvalue weighted by Crippen LogP contribution is -2.25. The van der Waals surface area contributed by atoms with Gasteiger partial charge in [0.15, 0.2) is 0 Å². The first kappa shape index (κ1) is 30.9. The molecule has 0 unspecified atom stereocenters. The lowest BCUT2D eigenvalue weighted by molar-refractivity contribution is 0.0364. The van der Waals surface area contributed by atoms with E-state index in [-0.39, 0.29) is 0 Å². The van der Waals surface area contributed by atoms with E-state index in [1.54, 1.807) is 0 Å². The Balaban J connectivity index is 1.04. The summed E-state index contributed by atoms with van der Waals surface area (Å²) >= 11 is 0. The van der Waals surface area contributed by atoms with E-state index in [1.807, 2.05) is 36.4 Å². The maximum Gasteiger partial charge on any atom is 0.120 e. The molecule has 4 N–H and O–H groups in total. The van der Waals surface area contributed by atoms with Crippen LogP contribution in [0.15, 0.2) is 36.4 Å². The van der Waals surface area contributed by atoms with E-state index in [0.717, 1.165) is 156 Å². The minimum absolute atomic E-state index is 0.569. The van der Waals surface area contributed by atoms with Crippen LogP contribution in [0.4, 0.5) is 0 Å². The van der Waals surface area contributed by atoms with Crippen molar-refractivity contribution in [2.45, 2.75) is 144 Å². The predicted octanol–water partition coefficient (Wildman–Crippen LogP) is 7.36. The molecule has 4 aliphatic rings. The standard InChI is InChI=1S/C37H52O6/c38-34(12-2-3-13-34)28-22-29(35(39)14-4-5-15-35)25-32(24-28)42-20-10-1-11-21-43-33-26-30(36(40)16-6-7-17-36)23-31(27-33)37(41)18-8-9-19-37/h22-27,38-41H,1-21H2. The van der Waals surface area contributed by atoms with Crippen molar-refractivity contribution < 1.29 is 29.9 Å². The van der Waals surface area contributed by atoms with Crippen LogP contribution in [0.25, 0.3) is 0 Å². The third-order valence-corrected chi connectivity index (χ3v) is 11.0. The number of hydrogen-bond acceptors (Lipinski definition) is 6. The topological polar surface area (TPSA) is 99.4 Å². The molecule has 0 amide bonds. The molecule has 2 aromatic rings. The summed E-state index contributed by atoms with van der Waals surface area (Å²) < 4.78 is 12.4. The number of rotatable bonds is 12. The summed E-state index contributed by atoms with van der Waals surface area (Å²) in [4.78, 5) is 0. The van der Waals surface area contributed by atoms with Crippen molar-refractivity contribution in [1.82, 2.24) is 0 Å². The zero-order valence-electron chi connectivity index (χ0n) is 25.9. The summed E-state index contributed by atoms with van der Waals surface area (Å²) in [5.74, 6) is 1.48. The molecule has 4 aliphatic carbocycles. The average molecular weight is 593 g/mol. The van der Waals surface area contributed by atoms with E-state index in [4.69, 9.17) is 9.47 Å². The molecule has 4 fully saturated rings. The van der Waals surface area contributed by atoms with Gasteiger partial charge in [0.1, 0.15) is 11.5 Å². The van der Waals surface area contributed by atoms with Gasteiger partial charge in [-0.15, -0.1) is 0 Å². The Bertz CT molecular complexity index is 1050. The first-order chi connectivity index (χ1) is 20.7. The van der Waals surface area contributed by atoms with Gasteiger partial charge in [-0.25, -0.2) is 0 Å². The Morgan fingerprint density at radius 3 is 0.907 bits per heavy atom. The lowest BCUT2D eigenvalue weighted by Gasteiger charge is -2.28. The Morgan fingerprint density at radius 1 is 0.395 bits per heavy atom. The van der Waals surface area contributed by atoms with Crippen molar-refractivity contribution >= 4 is 0 Å². The number of aliphatic hydroxyl groups is 4. The van der Waals surface area contributed by atoms with Crippen LogP contribution >= 0.6 is 0 Å². The molecule has 6 nitrogen and oxygen atoms in total. The van der Waals surface area contributed by atoms with Gasteiger partial charge in [0.25, 0.3) is 0 Å². The molecule has 0 bridgehead atoms. The van der Waals surface area contributed by atoms with Gasteiger partial charge in [0, 0.05) is 0 Å². The van der Waals surface area contributed by atoms with Gasteiger partial charge in [-0.05, 0) is 129 Å². The van der Waals surface area contributed by atoms with E-state index >= 15 is 0 Å². The van der Waals surface area contributed by atoms with E-state index in [0.29, 0.717) is 13.2 Å². The molecule has 0 atom stereocenters. The SMILES string of the molecule is OC1(c2cc(OCCCCCOc3cc(C4(O)CCCC4)cc(C4(O)CCCC4)c3)cc(C3(O)CCCC3)c2)CCCC1. The summed E-state index contributed by atoms with van der Waals surface area (Å²) in [6.45, 7) is 1.14. The Labute approximate surface area is 257 Å². The number of benzene rings is 2. The highest BCUT2D eigenvalue weighted by molar-refractivity contribution is 5.42. The van der Waals surface area contributed by atoms with Gasteiger partial charge < -0.3 is 29.9 Å². The van der Waals surface area contributed by atoms with Crippen LogP contribution in [0.5, 0.6) is 11.5 Å². The number of ether oxygens (including phenoxy) is 2. The molecule has 0 spiro atoms. The van der Waals surface area contributed by atoms with Crippen molar-refractivity contribution in [3.63, 3.8) is 0 Å². The lowest BCUT2D eigenvalue weighted by atomic mass is 9.85. The quantitative estimate of drug-likeness (QED) is 0.192. The smallest absolute Gasteiger partial charge is 0.120 e. The molecule has 0 radical (unpaired) electrons. The second kappa shape index (κ2) is 12.7. The first-order valence-electron chi connectivity index (χ1n) is 17.2. The summed E-state index contributed by atoms with van der Waals surface area (Å²) in [7, 11) is 0. The third kappa shape index (κ3) is 6.78. The molecule has 0 aliphatic heterocycles. The van der Waals surface area contributed by atoms with Crippen LogP contribution in [0, 0.1) is 0 Å². The molecule has 0 heterocycles. The van der Waals surface area contributed by atoms with Crippen molar-refractivity contribution in [2.24, 2.45) is 0 Å². The van der Waals surface area contributed by atoms with Crippen LogP contribution in [0.1, 0.15) is 144 Å². The third-order valence-electron chi connectivity index (χ3n) is 11.0. The second-order valence-corrected chi connectivity index (χ2v) is 14.2. The summed E-state index contributed by atoms with van der Waals surface area (Å²) in [5.41, 5.74) is 0.262. The van der Waals surface area contributed by atoms with E-state index in [2.05, 4.69) is 0 Å². The molecule has 43 heavy (non-hydrogen) atoms. The van der Waals surface area contributed by atoms with Crippen LogP contribution in [0.2, 0.25) is 0 Å². The van der Waals surface area contributed by atoms with Gasteiger partial charge in [0.2, 0.25) is 0 Å². The highest BCUT2D eigenvalue weighted by Gasteiger charge is 2.39. The van der Waals surface area contributed by atoms with Crippen LogP contribution in [0.3, 0.4) is 0 Å². The van der Waals surface area contributed by atoms with Gasteiger partial charge in [0.05, 0.1) is 35.6 Å². The number of hydrogen-bond donors (Lipinski definition) is 4. The monoisotopic (exact) mass is 592 g/mol. The van der Waals surface area contributed by atoms with Crippen molar-refractivity contribution in [2.75, 3.05) is 13.2 Å². The van der Waals surface area contributed by atoms with E-state index < -0.39 is 22.4 Å². The Kier molecular flexibility index (Phi) is 9.13. The zero-order chi connectivity index (χ0) is 30.0. The van der Waals surface area contributed by atoms with Gasteiger partial charge in [-0.1, -0.05) is 51.4 Å². The van der Waals surface area contributed by atoms with Crippen molar-refractivity contribution in [1.29, 1.82) is 0 Å². The molecular weight excluding hydrogens is 540 g/mol. The predicted molar refractivity (Wildman–Crippen MR) is 167 cm³/mol. The van der Waals surface area contributed by atoms with E-state index in [9.17, 15) is 20.4 Å².